The van der Waals surface area contributed by atoms with Crippen LogP contribution < -0.4 is 11.1 Å². The van der Waals surface area contributed by atoms with Crippen molar-refractivity contribution in [2.45, 2.75) is 19.4 Å². The van der Waals surface area contributed by atoms with E-state index in [1.54, 1.807) is 6.92 Å². The highest BCUT2D eigenvalue weighted by Gasteiger charge is 2.30. The van der Waals surface area contributed by atoms with Crippen LogP contribution >= 0.6 is 0 Å². The zero-order valence-electron chi connectivity index (χ0n) is 10.2. The number of likely N-dealkylation sites (N-methyl/N-ethyl adjacent to an activating group) is 1. The van der Waals surface area contributed by atoms with E-state index in [0.29, 0.717) is 19.8 Å². The molecule has 0 saturated heterocycles. The third kappa shape index (κ3) is 5.71. The Labute approximate surface area is 91.9 Å². The fourth-order valence-electron chi connectivity index (χ4n) is 1.07. The molecule has 1 atom stereocenters. The van der Waals surface area contributed by atoms with Gasteiger partial charge in [0, 0.05) is 19.7 Å². The zero-order valence-corrected chi connectivity index (χ0v) is 10.2. The second kappa shape index (κ2) is 6.76. The lowest BCUT2D eigenvalue weighted by Crippen LogP contribution is -2.57. The maximum absolute atomic E-state index is 11.3. The summed E-state index contributed by atoms with van der Waals surface area (Å²) >= 11 is 0. The number of hydrogen-bond acceptors (Lipinski definition) is 4. The van der Waals surface area contributed by atoms with Gasteiger partial charge in [0.05, 0.1) is 6.61 Å². The molecular formula is C10H23N3O2. The van der Waals surface area contributed by atoms with Crippen molar-refractivity contribution < 1.29 is 9.53 Å². The lowest BCUT2D eigenvalue weighted by molar-refractivity contribution is -0.126. The third-order valence-corrected chi connectivity index (χ3v) is 2.21. The van der Waals surface area contributed by atoms with Gasteiger partial charge in [-0.3, -0.25) is 4.79 Å². The third-order valence-electron chi connectivity index (χ3n) is 2.21. The smallest absolute Gasteiger partial charge is 0.239 e. The van der Waals surface area contributed by atoms with E-state index in [4.69, 9.17) is 10.5 Å². The number of carbonyl (C=O) groups is 1. The summed E-state index contributed by atoms with van der Waals surface area (Å²) in [6, 6.07) is 0. The molecule has 0 bridgehead atoms. The van der Waals surface area contributed by atoms with Crippen molar-refractivity contribution in [3.63, 3.8) is 0 Å². The second-order valence-electron chi connectivity index (χ2n) is 4.06. The van der Waals surface area contributed by atoms with Gasteiger partial charge in [-0.25, -0.2) is 0 Å². The van der Waals surface area contributed by atoms with Gasteiger partial charge in [0.2, 0.25) is 5.91 Å². The first-order chi connectivity index (χ1) is 6.92. The standard InChI is InChI=1S/C10H23N3O2/c1-5-15-8-10(2,9(11)14)12-6-7-13(3)4/h12H,5-8H2,1-4H3,(H2,11,14). The first-order valence-electron chi connectivity index (χ1n) is 5.20. The summed E-state index contributed by atoms with van der Waals surface area (Å²) in [6.45, 7) is 6.11. The van der Waals surface area contributed by atoms with Crippen LogP contribution in [-0.2, 0) is 9.53 Å². The summed E-state index contributed by atoms with van der Waals surface area (Å²) in [6.07, 6.45) is 0. The van der Waals surface area contributed by atoms with E-state index >= 15 is 0 Å². The molecule has 0 aromatic carbocycles. The number of nitrogens with one attached hydrogen (secondary N) is 1. The Balaban J connectivity index is 4.07. The van der Waals surface area contributed by atoms with E-state index in [1.165, 1.54) is 0 Å². The van der Waals surface area contributed by atoms with Gasteiger partial charge in [-0.1, -0.05) is 0 Å². The van der Waals surface area contributed by atoms with Crippen molar-refractivity contribution in [3.8, 4) is 0 Å². The zero-order chi connectivity index (χ0) is 11.9. The van der Waals surface area contributed by atoms with Crippen LogP contribution in [0.5, 0.6) is 0 Å². The van der Waals surface area contributed by atoms with Crippen molar-refractivity contribution in [1.29, 1.82) is 0 Å². The Bertz CT molecular complexity index is 197. The number of primary amides is 1. The van der Waals surface area contributed by atoms with Crippen molar-refractivity contribution in [1.82, 2.24) is 10.2 Å². The summed E-state index contributed by atoms with van der Waals surface area (Å²) in [5.74, 6) is -0.380. The number of nitrogens with zero attached hydrogens (tertiary/aromatic N) is 1. The highest BCUT2D eigenvalue weighted by atomic mass is 16.5. The summed E-state index contributed by atoms with van der Waals surface area (Å²) in [5.41, 5.74) is 4.56. The van der Waals surface area contributed by atoms with Crippen LogP contribution in [0.25, 0.3) is 0 Å². The molecule has 0 aromatic heterocycles. The molecular weight excluding hydrogens is 194 g/mol. The Morgan fingerprint density at radius 2 is 2.13 bits per heavy atom. The van der Waals surface area contributed by atoms with Crippen molar-refractivity contribution in [2.24, 2.45) is 5.73 Å². The number of carbonyl (C=O) groups excluding carboxylic acids is 1. The molecule has 5 heteroatoms. The fraction of sp³-hybridized carbons (Fsp3) is 0.900. The fourth-order valence-corrected chi connectivity index (χ4v) is 1.07. The Morgan fingerprint density at radius 1 is 1.53 bits per heavy atom. The molecule has 0 rings (SSSR count). The topological polar surface area (TPSA) is 67.6 Å². The van der Waals surface area contributed by atoms with Gasteiger partial charge >= 0.3 is 0 Å². The monoisotopic (exact) mass is 217 g/mol. The molecule has 0 radical (unpaired) electrons. The first kappa shape index (κ1) is 14.3. The highest BCUT2D eigenvalue weighted by molar-refractivity contribution is 5.84. The molecule has 0 fully saturated rings. The molecule has 0 aliphatic rings. The molecule has 90 valence electrons. The minimum absolute atomic E-state index is 0.312. The van der Waals surface area contributed by atoms with Gasteiger partial charge < -0.3 is 20.7 Å². The number of nitrogens with two attached hydrogens (primary N) is 1. The van der Waals surface area contributed by atoms with Gasteiger partial charge in [-0.2, -0.15) is 0 Å². The lowest BCUT2D eigenvalue weighted by Gasteiger charge is -2.27. The maximum atomic E-state index is 11.3. The quantitative estimate of drug-likeness (QED) is 0.571. The number of ether oxygens (including phenoxy) is 1. The predicted molar refractivity (Wildman–Crippen MR) is 60.6 cm³/mol. The van der Waals surface area contributed by atoms with Gasteiger partial charge in [-0.05, 0) is 27.9 Å². The van der Waals surface area contributed by atoms with Crippen LogP contribution in [0.1, 0.15) is 13.8 Å². The largest absolute Gasteiger partial charge is 0.379 e. The Hall–Kier alpha value is -0.650. The molecule has 0 aliphatic heterocycles. The molecule has 15 heavy (non-hydrogen) atoms. The second-order valence-corrected chi connectivity index (χ2v) is 4.06. The summed E-state index contributed by atoms with van der Waals surface area (Å²) in [7, 11) is 3.96. The molecule has 5 nitrogen and oxygen atoms in total. The first-order valence-corrected chi connectivity index (χ1v) is 5.20. The molecule has 1 unspecified atom stereocenters. The molecule has 0 aliphatic carbocycles. The van der Waals surface area contributed by atoms with E-state index in [9.17, 15) is 4.79 Å². The number of rotatable bonds is 8. The van der Waals surface area contributed by atoms with Gasteiger partial charge in [0.15, 0.2) is 0 Å². The Morgan fingerprint density at radius 3 is 2.53 bits per heavy atom. The highest BCUT2D eigenvalue weighted by Crippen LogP contribution is 2.03. The molecule has 1 amide bonds. The van der Waals surface area contributed by atoms with E-state index in [0.717, 1.165) is 6.54 Å². The predicted octanol–water partition coefficient (Wildman–Crippen LogP) is -0.582. The molecule has 3 N–H and O–H groups in total. The van der Waals surface area contributed by atoms with Crippen LogP contribution in [-0.4, -0.2) is 56.7 Å². The SMILES string of the molecule is CCOCC(C)(NCCN(C)C)C(N)=O. The van der Waals surface area contributed by atoms with Crippen molar-refractivity contribution >= 4 is 5.91 Å². The lowest BCUT2D eigenvalue weighted by atomic mass is 10.0. The Kier molecular flexibility index (Phi) is 6.47. The minimum atomic E-state index is -0.772. The molecule has 0 aromatic rings. The minimum Gasteiger partial charge on any atom is -0.379 e. The van der Waals surface area contributed by atoms with E-state index in [1.807, 2.05) is 25.9 Å². The van der Waals surface area contributed by atoms with E-state index in [2.05, 4.69) is 5.32 Å². The van der Waals surface area contributed by atoms with Crippen LogP contribution in [0.2, 0.25) is 0 Å². The van der Waals surface area contributed by atoms with Crippen molar-refractivity contribution in [2.75, 3.05) is 40.4 Å². The van der Waals surface area contributed by atoms with Crippen molar-refractivity contribution in [3.05, 3.63) is 0 Å². The normalized spacial score (nSPS) is 15.3. The van der Waals surface area contributed by atoms with Crippen LogP contribution in [0.4, 0.5) is 0 Å². The van der Waals surface area contributed by atoms with E-state index in [-0.39, 0.29) is 5.91 Å². The summed E-state index contributed by atoms with van der Waals surface area (Å²) in [4.78, 5) is 13.3. The molecule has 0 spiro atoms. The summed E-state index contributed by atoms with van der Waals surface area (Å²) in [5, 5.41) is 3.12. The molecule has 0 saturated carbocycles. The van der Waals surface area contributed by atoms with Gasteiger partial charge in [0.25, 0.3) is 0 Å². The average Bonchev–Trinajstić information content (AvgIpc) is 2.14. The average molecular weight is 217 g/mol. The number of amides is 1. The van der Waals surface area contributed by atoms with Crippen LogP contribution in [0, 0.1) is 0 Å². The summed E-state index contributed by atoms with van der Waals surface area (Å²) < 4.78 is 5.24. The van der Waals surface area contributed by atoms with Crippen LogP contribution in [0.3, 0.4) is 0 Å². The number of hydrogen-bond donors (Lipinski definition) is 2. The van der Waals surface area contributed by atoms with Gasteiger partial charge in [-0.15, -0.1) is 0 Å². The molecule has 0 heterocycles. The van der Waals surface area contributed by atoms with Gasteiger partial charge in [0.1, 0.15) is 5.54 Å². The van der Waals surface area contributed by atoms with Crippen LogP contribution in [0.15, 0.2) is 0 Å². The maximum Gasteiger partial charge on any atom is 0.239 e. The van der Waals surface area contributed by atoms with E-state index < -0.39 is 5.54 Å².